The number of aryl methyl sites for hydroxylation is 1. The zero-order valence-electron chi connectivity index (χ0n) is 19.6. The second-order valence-corrected chi connectivity index (χ2v) is 8.58. The van der Waals surface area contributed by atoms with E-state index in [1.54, 1.807) is 18.2 Å². The molecular weight excluding hydrogens is 471 g/mol. The fourth-order valence-corrected chi connectivity index (χ4v) is 4.56. The van der Waals surface area contributed by atoms with E-state index in [1.807, 2.05) is 19.1 Å². The SMILES string of the molecule is COc1cc2c(=O)n(-c3cccc(F)c3)c(SCC(=O)c3ccc(C)cc3)nc2c(OC)c1OC. The molecule has 0 aliphatic rings. The third-order valence-electron chi connectivity index (χ3n) is 5.41. The van der Waals surface area contributed by atoms with Crippen molar-refractivity contribution in [2.45, 2.75) is 12.1 Å². The van der Waals surface area contributed by atoms with E-state index in [1.165, 1.54) is 50.2 Å². The van der Waals surface area contributed by atoms with Gasteiger partial charge < -0.3 is 14.2 Å². The summed E-state index contributed by atoms with van der Waals surface area (Å²) in [7, 11) is 4.34. The lowest BCUT2D eigenvalue weighted by atomic mass is 10.1. The lowest BCUT2D eigenvalue weighted by Crippen LogP contribution is -2.23. The highest BCUT2D eigenvalue weighted by Crippen LogP contribution is 2.42. The number of aromatic nitrogens is 2. The minimum Gasteiger partial charge on any atom is -0.493 e. The number of benzene rings is 3. The molecule has 1 aromatic heterocycles. The van der Waals surface area contributed by atoms with Crippen LogP contribution in [0.5, 0.6) is 17.2 Å². The minimum atomic E-state index is -0.508. The average Bonchev–Trinajstić information content (AvgIpc) is 2.86. The van der Waals surface area contributed by atoms with Crippen LogP contribution in [0.4, 0.5) is 4.39 Å². The third-order valence-corrected chi connectivity index (χ3v) is 6.35. The number of Topliss-reactive ketones (excluding diaryl/α,β-unsaturated/α-hetero) is 1. The molecule has 9 heteroatoms. The lowest BCUT2D eigenvalue weighted by Gasteiger charge is -2.17. The Morgan fingerprint density at radius 2 is 1.71 bits per heavy atom. The number of ketones is 1. The number of hydrogen-bond acceptors (Lipinski definition) is 7. The first-order valence-electron chi connectivity index (χ1n) is 10.6. The average molecular weight is 495 g/mol. The predicted octanol–water partition coefficient (Wildman–Crippen LogP) is 4.83. The summed E-state index contributed by atoms with van der Waals surface area (Å²) in [5.41, 5.74) is 1.65. The molecule has 4 rings (SSSR count). The zero-order valence-corrected chi connectivity index (χ0v) is 20.4. The first kappa shape index (κ1) is 24.3. The first-order valence-corrected chi connectivity index (χ1v) is 11.6. The molecule has 4 aromatic rings. The summed E-state index contributed by atoms with van der Waals surface area (Å²) in [4.78, 5) is 31.2. The third kappa shape index (κ3) is 4.72. The van der Waals surface area contributed by atoms with Gasteiger partial charge in [-0.1, -0.05) is 47.7 Å². The molecule has 35 heavy (non-hydrogen) atoms. The highest BCUT2D eigenvalue weighted by atomic mass is 32.2. The molecule has 0 spiro atoms. The summed E-state index contributed by atoms with van der Waals surface area (Å²) >= 11 is 1.08. The Labute approximate surface area is 205 Å². The molecule has 0 atom stereocenters. The number of rotatable bonds is 8. The number of hydrogen-bond donors (Lipinski definition) is 0. The molecule has 0 fully saturated rings. The number of thioether (sulfide) groups is 1. The van der Waals surface area contributed by atoms with Gasteiger partial charge in [0.05, 0.1) is 38.2 Å². The van der Waals surface area contributed by atoms with Gasteiger partial charge in [-0.05, 0) is 31.2 Å². The Morgan fingerprint density at radius 1 is 1.00 bits per heavy atom. The fourth-order valence-electron chi connectivity index (χ4n) is 3.66. The number of halogens is 1. The molecule has 0 amide bonds. The summed E-state index contributed by atoms with van der Waals surface area (Å²) in [6.07, 6.45) is 0. The Kier molecular flexibility index (Phi) is 7.07. The van der Waals surface area contributed by atoms with Crippen LogP contribution < -0.4 is 19.8 Å². The largest absolute Gasteiger partial charge is 0.493 e. The molecule has 0 saturated heterocycles. The Bertz CT molecular complexity index is 1470. The van der Waals surface area contributed by atoms with Gasteiger partial charge in [0.2, 0.25) is 5.75 Å². The standard InChI is InChI=1S/C26H23FN2O5S/c1-15-8-10-16(11-9-15)20(30)14-35-26-28-22-19(13-21(32-2)23(33-3)24(22)34-4)25(31)29(26)18-7-5-6-17(27)12-18/h5-13H,14H2,1-4H3. The number of nitrogens with zero attached hydrogens (tertiary/aromatic N) is 2. The molecular formula is C26H23FN2O5S. The van der Waals surface area contributed by atoms with E-state index in [0.717, 1.165) is 17.3 Å². The Balaban J connectivity index is 1.91. The van der Waals surface area contributed by atoms with E-state index >= 15 is 0 Å². The van der Waals surface area contributed by atoms with E-state index in [9.17, 15) is 14.0 Å². The van der Waals surface area contributed by atoms with Gasteiger partial charge in [-0.2, -0.15) is 0 Å². The highest BCUT2D eigenvalue weighted by Gasteiger charge is 2.23. The van der Waals surface area contributed by atoms with Crippen LogP contribution in [0.25, 0.3) is 16.6 Å². The maximum absolute atomic E-state index is 14.1. The molecule has 0 bridgehead atoms. The van der Waals surface area contributed by atoms with Gasteiger partial charge in [0.15, 0.2) is 22.4 Å². The summed E-state index contributed by atoms with van der Waals surface area (Å²) in [5, 5.41) is 0.400. The molecule has 180 valence electrons. The second-order valence-electron chi connectivity index (χ2n) is 7.63. The normalized spacial score (nSPS) is 10.9. The van der Waals surface area contributed by atoms with Crippen molar-refractivity contribution in [2.24, 2.45) is 0 Å². The summed E-state index contributed by atoms with van der Waals surface area (Å²) in [6, 6.07) is 14.4. The molecule has 0 unspecified atom stereocenters. The van der Waals surface area contributed by atoms with E-state index < -0.39 is 11.4 Å². The fraction of sp³-hybridized carbons (Fsp3) is 0.192. The van der Waals surface area contributed by atoms with E-state index in [4.69, 9.17) is 14.2 Å². The quantitative estimate of drug-likeness (QED) is 0.197. The second kappa shape index (κ2) is 10.2. The monoisotopic (exact) mass is 494 g/mol. The number of fused-ring (bicyclic) bond motifs is 1. The van der Waals surface area contributed by atoms with Crippen molar-refractivity contribution in [3.63, 3.8) is 0 Å². The van der Waals surface area contributed by atoms with Crippen LogP contribution in [-0.2, 0) is 0 Å². The van der Waals surface area contributed by atoms with Gasteiger partial charge in [-0.3, -0.25) is 14.2 Å². The van der Waals surface area contributed by atoms with Crippen LogP contribution in [0.1, 0.15) is 15.9 Å². The van der Waals surface area contributed by atoms with Crippen molar-refractivity contribution < 1.29 is 23.4 Å². The van der Waals surface area contributed by atoms with Crippen LogP contribution >= 0.6 is 11.8 Å². The molecule has 0 aliphatic carbocycles. The van der Waals surface area contributed by atoms with Crippen molar-refractivity contribution in [2.75, 3.05) is 27.1 Å². The summed E-state index contributed by atoms with van der Waals surface area (Å²) < 4.78 is 31.7. The summed E-state index contributed by atoms with van der Waals surface area (Å²) in [6.45, 7) is 1.94. The maximum Gasteiger partial charge on any atom is 0.266 e. The smallest absolute Gasteiger partial charge is 0.266 e. The topological polar surface area (TPSA) is 79.7 Å². The maximum atomic E-state index is 14.1. The van der Waals surface area contributed by atoms with E-state index in [2.05, 4.69) is 4.98 Å². The van der Waals surface area contributed by atoms with Crippen molar-refractivity contribution >= 4 is 28.4 Å². The zero-order chi connectivity index (χ0) is 25.1. The molecule has 7 nitrogen and oxygen atoms in total. The van der Waals surface area contributed by atoms with Crippen molar-refractivity contribution in [1.82, 2.24) is 9.55 Å². The molecule has 1 heterocycles. The van der Waals surface area contributed by atoms with Crippen molar-refractivity contribution in [1.29, 1.82) is 0 Å². The van der Waals surface area contributed by atoms with Gasteiger partial charge in [0.1, 0.15) is 11.3 Å². The highest BCUT2D eigenvalue weighted by molar-refractivity contribution is 7.99. The van der Waals surface area contributed by atoms with Gasteiger partial charge in [0, 0.05) is 5.56 Å². The van der Waals surface area contributed by atoms with E-state index in [-0.39, 0.29) is 50.5 Å². The van der Waals surface area contributed by atoms with Crippen LogP contribution in [0, 0.1) is 12.7 Å². The van der Waals surface area contributed by atoms with E-state index in [0.29, 0.717) is 5.56 Å². The van der Waals surface area contributed by atoms with Gasteiger partial charge in [0.25, 0.3) is 5.56 Å². The van der Waals surface area contributed by atoms with Crippen LogP contribution in [0.2, 0.25) is 0 Å². The van der Waals surface area contributed by atoms with Gasteiger partial charge >= 0.3 is 0 Å². The molecule has 0 saturated carbocycles. The number of carbonyl (C=O) groups is 1. The Morgan fingerprint density at radius 3 is 2.34 bits per heavy atom. The first-order chi connectivity index (χ1) is 16.9. The van der Waals surface area contributed by atoms with Crippen molar-refractivity contribution in [3.05, 3.63) is 81.9 Å². The van der Waals surface area contributed by atoms with Gasteiger partial charge in [-0.25, -0.2) is 9.37 Å². The Hall–Kier alpha value is -3.85. The van der Waals surface area contributed by atoms with Gasteiger partial charge in [-0.15, -0.1) is 0 Å². The molecule has 3 aromatic carbocycles. The van der Waals surface area contributed by atoms with Crippen LogP contribution in [0.3, 0.4) is 0 Å². The lowest BCUT2D eigenvalue weighted by molar-refractivity contribution is 0.102. The number of methoxy groups -OCH3 is 3. The number of ether oxygens (including phenoxy) is 3. The van der Waals surface area contributed by atoms with Crippen LogP contribution in [-0.4, -0.2) is 42.4 Å². The summed E-state index contributed by atoms with van der Waals surface area (Å²) in [5.74, 6) is 0.171. The molecule has 0 N–H and O–H groups in total. The van der Waals surface area contributed by atoms with Crippen LogP contribution in [0.15, 0.2) is 64.5 Å². The minimum absolute atomic E-state index is 0.0198. The van der Waals surface area contributed by atoms with Crippen molar-refractivity contribution in [3.8, 4) is 22.9 Å². The number of carbonyl (C=O) groups excluding carboxylic acids is 1. The molecule has 0 radical (unpaired) electrons. The predicted molar refractivity (Wildman–Crippen MR) is 133 cm³/mol. The molecule has 0 aliphatic heterocycles.